The molecule has 2 heterocycles. The molecule has 0 amide bonds. The zero-order valence-corrected chi connectivity index (χ0v) is 16.3. The number of halogens is 1. The van der Waals surface area contributed by atoms with E-state index in [4.69, 9.17) is 11.6 Å². The van der Waals surface area contributed by atoms with Gasteiger partial charge in [0.05, 0.1) is 6.61 Å². The molecule has 1 aliphatic rings. The van der Waals surface area contributed by atoms with Crippen LogP contribution >= 0.6 is 11.6 Å². The van der Waals surface area contributed by atoms with E-state index in [1.807, 2.05) is 36.7 Å². The fourth-order valence-electron chi connectivity index (χ4n) is 4.32. The summed E-state index contributed by atoms with van der Waals surface area (Å²) >= 11 is 6.09. The predicted octanol–water partition coefficient (Wildman–Crippen LogP) is 3.66. The first-order valence-corrected chi connectivity index (χ1v) is 9.68. The average molecular weight is 374 g/mol. The molecule has 3 atom stereocenters. The van der Waals surface area contributed by atoms with Gasteiger partial charge in [0.1, 0.15) is 0 Å². The quantitative estimate of drug-likeness (QED) is 0.777. The van der Waals surface area contributed by atoms with Gasteiger partial charge in [-0.15, -0.1) is 0 Å². The maximum Gasteiger partial charge on any atom is 0.0613 e. The van der Waals surface area contributed by atoms with Crippen LogP contribution in [0.2, 0.25) is 5.02 Å². The molecule has 1 aliphatic heterocycles. The molecule has 0 unspecified atom stereocenters. The number of aromatic nitrogens is 1. The van der Waals surface area contributed by atoms with Gasteiger partial charge in [0.25, 0.3) is 0 Å². The van der Waals surface area contributed by atoms with Crippen LogP contribution in [0.1, 0.15) is 37.4 Å². The largest absolute Gasteiger partial charge is 0.394 e. The molecule has 0 spiro atoms. The summed E-state index contributed by atoms with van der Waals surface area (Å²) in [6.07, 6.45) is 4.61. The van der Waals surface area contributed by atoms with Crippen molar-refractivity contribution in [2.45, 2.75) is 38.4 Å². The topological polar surface area (TPSA) is 48.4 Å². The minimum atomic E-state index is -0.192. The predicted molar refractivity (Wildman–Crippen MR) is 106 cm³/mol. The van der Waals surface area contributed by atoms with Gasteiger partial charge in [-0.25, -0.2) is 0 Å². The lowest BCUT2D eigenvalue weighted by Gasteiger charge is -2.37. The van der Waals surface area contributed by atoms with Gasteiger partial charge < -0.3 is 10.4 Å². The minimum Gasteiger partial charge on any atom is -0.394 e. The summed E-state index contributed by atoms with van der Waals surface area (Å²) in [5.74, 6) is 0.426. The molecule has 1 fully saturated rings. The van der Waals surface area contributed by atoms with Crippen LogP contribution in [0.5, 0.6) is 0 Å². The van der Waals surface area contributed by atoms with Gasteiger partial charge in [0.2, 0.25) is 0 Å². The van der Waals surface area contributed by atoms with Gasteiger partial charge in [-0.3, -0.25) is 9.88 Å². The minimum absolute atomic E-state index is 0.172. The van der Waals surface area contributed by atoms with Crippen LogP contribution in [0.15, 0.2) is 48.8 Å². The van der Waals surface area contributed by atoms with Gasteiger partial charge in [-0.05, 0) is 61.2 Å². The Morgan fingerprint density at radius 1 is 1.23 bits per heavy atom. The Kier molecular flexibility index (Phi) is 6.30. The van der Waals surface area contributed by atoms with E-state index in [-0.39, 0.29) is 18.2 Å². The van der Waals surface area contributed by atoms with Crippen molar-refractivity contribution in [2.75, 3.05) is 19.7 Å². The standard InChI is InChI=1S/C21H28ClN3O/c1-3-25-20(17-4-6-19(22)7-5-17)18(12-21(25,2)15-26)14-24-13-16-8-10-23-11-9-16/h4-11,18,20,24,26H,3,12-15H2,1-2H3/t18-,20+,21+/m1/s1. The number of hydrogen-bond acceptors (Lipinski definition) is 4. The summed E-state index contributed by atoms with van der Waals surface area (Å²) < 4.78 is 0. The van der Waals surface area contributed by atoms with Crippen molar-refractivity contribution in [3.63, 3.8) is 0 Å². The summed E-state index contributed by atoms with van der Waals surface area (Å²) in [6.45, 7) is 7.15. The molecule has 0 radical (unpaired) electrons. The summed E-state index contributed by atoms with van der Waals surface area (Å²) in [4.78, 5) is 6.51. The maximum atomic E-state index is 10.1. The van der Waals surface area contributed by atoms with Crippen LogP contribution in [0.3, 0.4) is 0 Å². The number of benzene rings is 1. The van der Waals surface area contributed by atoms with E-state index in [9.17, 15) is 5.11 Å². The lowest BCUT2D eigenvalue weighted by molar-refractivity contribution is 0.0579. The number of rotatable bonds is 7. The number of nitrogens with one attached hydrogen (secondary N) is 1. The monoisotopic (exact) mass is 373 g/mol. The fraction of sp³-hybridized carbons (Fsp3) is 0.476. The van der Waals surface area contributed by atoms with Gasteiger partial charge in [0.15, 0.2) is 0 Å². The number of aliphatic hydroxyl groups is 1. The number of hydrogen-bond donors (Lipinski definition) is 2. The van der Waals surface area contributed by atoms with Gasteiger partial charge in [0, 0.05) is 42.1 Å². The van der Waals surface area contributed by atoms with Crippen LogP contribution < -0.4 is 5.32 Å². The molecule has 0 saturated carbocycles. The summed E-state index contributed by atoms with van der Waals surface area (Å²) in [7, 11) is 0. The second kappa shape index (κ2) is 8.49. The van der Waals surface area contributed by atoms with Crippen molar-refractivity contribution in [3.05, 3.63) is 64.9 Å². The van der Waals surface area contributed by atoms with E-state index in [1.165, 1.54) is 11.1 Å². The van der Waals surface area contributed by atoms with Gasteiger partial charge >= 0.3 is 0 Å². The fourth-order valence-corrected chi connectivity index (χ4v) is 4.44. The van der Waals surface area contributed by atoms with Crippen molar-refractivity contribution in [2.24, 2.45) is 5.92 Å². The molecule has 0 bridgehead atoms. The highest BCUT2D eigenvalue weighted by Gasteiger charge is 2.47. The van der Waals surface area contributed by atoms with Crippen molar-refractivity contribution in [1.82, 2.24) is 15.2 Å². The third-order valence-electron chi connectivity index (χ3n) is 5.56. The Labute approximate surface area is 161 Å². The van der Waals surface area contributed by atoms with E-state index in [0.717, 1.165) is 31.1 Å². The Balaban J connectivity index is 1.77. The van der Waals surface area contributed by atoms with Crippen LogP contribution in [0.4, 0.5) is 0 Å². The normalized spacial score (nSPS) is 26.3. The number of aliphatic hydroxyl groups excluding tert-OH is 1. The highest BCUT2D eigenvalue weighted by molar-refractivity contribution is 6.30. The van der Waals surface area contributed by atoms with E-state index >= 15 is 0 Å². The second-order valence-corrected chi connectivity index (χ2v) is 7.82. The van der Waals surface area contributed by atoms with Crippen molar-refractivity contribution < 1.29 is 5.11 Å². The highest BCUT2D eigenvalue weighted by Crippen LogP contribution is 2.46. The summed E-state index contributed by atoms with van der Waals surface area (Å²) in [5.41, 5.74) is 2.31. The van der Waals surface area contributed by atoms with Gasteiger partial charge in [-0.2, -0.15) is 0 Å². The smallest absolute Gasteiger partial charge is 0.0613 e. The molecule has 1 aromatic carbocycles. The zero-order chi connectivity index (χ0) is 18.6. The number of likely N-dealkylation sites (N-methyl/N-ethyl adjacent to an activating group) is 1. The number of nitrogens with zero attached hydrogens (tertiary/aromatic N) is 2. The Morgan fingerprint density at radius 3 is 2.54 bits per heavy atom. The van der Waals surface area contributed by atoms with E-state index in [1.54, 1.807) is 0 Å². The van der Waals surface area contributed by atoms with Crippen LogP contribution in [0, 0.1) is 5.92 Å². The molecular formula is C21H28ClN3O. The molecule has 140 valence electrons. The maximum absolute atomic E-state index is 10.1. The molecule has 3 rings (SSSR count). The molecule has 1 aromatic heterocycles. The first-order chi connectivity index (χ1) is 12.6. The van der Waals surface area contributed by atoms with E-state index < -0.39 is 0 Å². The van der Waals surface area contributed by atoms with Crippen molar-refractivity contribution in [3.8, 4) is 0 Å². The first-order valence-electron chi connectivity index (χ1n) is 9.30. The van der Waals surface area contributed by atoms with Crippen molar-refractivity contribution in [1.29, 1.82) is 0 Å². The first kappa shape index (κ1) is 19.3. The summed E-state index contributed by atoms with van der Waals surface area (Å²) in [6, 6.07) is 12.5. The molecule has 2 aromatic rings. The average Bonchev–Trinajstić information content (AvgIpc) is 2.95. The highest BCUT2D eigenvalue weighted by atomic mass is 35.5. The SMILES string of the molecule is CCN1[C@@H](c2ccc(Cl)cc2)[C@@H](CNCc2ccncc2)C[C@@]1(C)CO. The van der Waals surface area contributed by atoms with E-state index in [0.29, 0.717) is 5.92 Å². The Bertz CT molecular complexity index is 694. The van der Waals surface area contributed by atoms with Crippen LogP contribution in [-0.2, 0) is 6.54 Å². The van der Waals surface area contributed by atoms with E-state index in [2.05, 4.69) is 41.2 Å². The molecular weight excluding hydrogens is 346 g/mol. The molecule has 5 heteroatoms. The number of likely N-dealkylation sites (tertiary alicyclic amines) is 1. The summed E-state index contributed by atoms with van der Waals surface area (Å²) in [5, 5.41) is 14.4. The Morgan fingerprint density at radius 2 is 1.92 bits per heavy atom. The number of pyridine rings is 1. The molecule has 4 nitrogen and oxygen atoms in total. The molecule has 1 saturated heterocycles. The van der Waals surface area contributed by atoms with Crippen molar-refractivity contribution >= 4 is 11.6 Å². The third kappa shape index (κ3) is 4.09. The van der Waals surface area contributed by atoms with Crippen LogP contribution in [0.25, 0.3) is 0 Å². The lowest BCUT2D eigenvalue weighted by Crippen LogP contribution is -2.45. The third-order valence-corrected chi connectivity index (χ3v) is 5.81. The van der Waals surface area contributed by atoms with Gasteiger partial charge in [-0.1, -0.05) is 30.7 Å². The molecule has 26 heavy (non-hydrogen) atoms. The van der Waals surface area contributed by atoms with Crippen LogP contribution in [-0.4, -0.2) is 40.2 Å². The molecule has 0 aliphatic carbocycles. The lowest BCUT2D eigenvalue weighted by atomic mass is 9.90. The Hall–Kier alpha value is -1.46. The second-order valence-electron chi connectivity index (χ2n) is 7.39. The zero-order valence-electron chi connectivity index (χ0n) is 15.5. The molecule has 2 N–H and O–H groups in total.